The first-order chi connectivity index (χ1) is 12.1. The van der Waals surface area contributed by atoms with Crippen molar-refractivity contribution >= 4 is 23.4 Å². The molecule has 0 aliphatic heterocycles. The molecule has 0 unspecified atom stereocenters. The van der Waals surface area contributed by atoms with Crippen molar-refractivity contribution in [3.8, 4) is 23.0 Å². The number of hydrogen-bond donors (Lipinski definition) is 0. The Balaban J connectivity index is 1.74. The SMILES string of the molecule is COc1cc(C)c(CSc2nnc(-c3cccc(Cl)c3)o2)cc1OC. The lowest BCUT2D eigenvalue weighted by atomic mass is 10.1. The summed E-state index contributed by atoms with van der Waals surface area (Å²) in [5.41, 5.74) is 3.03. The third-order valence-corrected chi connectivity index (χ3v) is 4.77. The number of thioether (sulfide) groups is 1. The molecule has 0 spiro atoms. The molecule has 0 amide bonds. The lowest BCUT2D eigenvalue weighted by Gasteiger charge is -2.11. The number of nitrogens with zero attached hydrogens (tertiary/aromatic N) is 2. The number of rotatable bonds is 6. The molecule has 2 aromatic carbocycles. The Hall–Kier alpha value is -2.18. The van der Waals surface area contributed by atoms with Gasteiger partial charge in [0.2, 0.25) is 5.89 Å². The van der Waals surface area contributed by atoms with Gasteiger partial charge in [0.15, 0.2) is 11.5 Å². The van der Waals surface area contributed by atoms with Crippen LogP contribution in [0.1, 0.15) is 11.1 Å². The molecule has 0 aliphatic rings. The fourth-order valence-corrected chi connectivity index (χ4v) is 3.34. The molecule has 0 saturated carbocycles. The molecule has 3 rings (SSSR count). The molecular weight excluding hydrogens is 360 g/mol. The minimum absolute atomic E-state index is 0.453. The van der Waals surface area contributed by atoms with Crippen molar-refractivity contribution in [2.45, 2.75) is 17.9 Å². The summed E-state index contributed by atoms with van der Waals surface area (Å²) < 4.78 is 16.4. The molecule has 0 atom stereocenters. The molecule has 3 aromatic rings. The van der Waals surface area contributed by atoms with Crippen molar-refractivity contribution in [3.63, 3.8) is 0 Å². The van der Waals surface area contributed by atoms with Crippen LogP contribution in [0.2, 0.25) is 5.02 Å². The predicted molar refractivity (Wildman–Crippen MR) is 98.6 cm³/mol. The highest BCUT2D eigenvalue weighted by Gasteiger charge is 2.12. The average molecular weight is 377 g/mol. The predicted octanol–water partition coefficient (Wildman–Crippen LogP) is 5.01. The van der Waals surface area contributed by atoms with Crippen LogP contribution in [0.15, 0.2) is 46.0 Å². The summed E-state index contributed by atoms with van der Waals surface area (Å²) in [5, 5.41) is 9.31. The highest BCUT2D eigenvalue weighted by atomic mass is 35.5. The van der Waals surface area contributed by atoms with E-state index in [1.807, 2.05) is 31.2 Å². The number of methoxy groups -OCH3 is 2. The van der Waals surface area contributed by atoms with Crippen molar-refractivity contribution in [1.29, 1.82) is 0 Å². The van der Waals surface area contributed by atoms with Gasteiger partial charge in [-0.05, 0) is 48.4 Å². The number of halogens is 1. The molecule has 0 aliphatic carbocycles. The van der Waals surface area contributed by atoms with Crippen molar-refractivity contribution < 1.29 is 13.9 Å². The summed E-state index contributed by atoms with van der Waals surface area (Å²) in [4.78, 5) is 0. The molecule has 0 fully saturated rings. The van der Waals surface area contributed by atoms with E-state index in [2.05, 4.69) is 10.2 Å². The van der Waals surface area contributed by atoms with Gasteiger partial charge >= 0.3 is 0 Å². The molecular formula is C18H17ClN2O3S. The van der Waals surface area contributed by atoms with Gasteiger partial charge in [-0.25, -0.2) is 0 Å². The highest BCUT2D eigenvalue weighted by Crippen LogP contribution is 2.33. The van der Waals surface area contributed by atoms with E-state index in [-0.39, 0.29) is 0 Å². The lowest BCUT2D eigenvalue weighted by Crippen LogP contribution is -1.95. The fourth-order valence-electron chi connectivity index (χ4n) is 2.32. The zero-order valence-electron chi connectivity index (χ0n) is 14.1. The van der Waals surface area contributed by atoms with Crippen molar-refractivity contribution in [2.24, 2.45) is 0 Å². The molecule has 1 aromatic heterocycles. The van der Waals surface area contributed by atoms with Crippen LogP contribution in [-0.2, 0) is 5.75 Å². The van der Waals surface area contributed by atoms with Crippen molar-refractivity contribution in [2.75, 3.05) is 14.2 Å². The Morgan fingerprint density at radius 3 is 2.56 bits per heavy atom. The van der Waals surface area contributed by atoms with E-state index < -0.39 is 0 Å². The van der Waals surface area contributed by atoms with Crippen LogP contribution < -0.4 is 9.47 Å². The van der Waals surface area contributed by atoms with E-state index >= 15 is 0 Å². The van der Waals surface area contributed by atoms with Gasteiger partial charge in [0, 0.05) is 16.3 Å². The smallest absolute Gasteiger partial charge is 0.277 e. The second-order valence-corrected chi connectivity index (χ2v) is 6.67. The number of benzene rings is 2. The van der Waals surface area contributed by atoms with Crippen LogP contribution in [-0.4, -0.2) is 24.4 Å². The molecule has 7 heteroatoms. The summed E-state index contributed by atoms with van der Waals surface area (Å²) in [6, 6.07) is 11.3. The van der Waals surface area contributed by atoms with Crippen LogP contribution in [0, 0.1) is 6.92 Å². The van der Waals surface area contributed by atoms with Crippen LogP contribution in [0.5, 0.6) is 11.5 Å². The Kier molecular flexibility index (Phi) is 5.50. The number of aromatic nitrogens is 2. The Bertz CT molecular complexity index is 883. The van der Waals surface area contributed by atoms with Gasteiger partial charge < -0.3 is 13.9 Å². The second kappa shape index (κ2) is 7.80. The standard InChI is InChI=1S/C18H17ClN2O3S/c1-11-7-15(22-2)16(23-3)9-13(11)10-25-18-21-20-17(24-18)12-5-4-6-14(19)8-12/h4-9H,10H2,1-3H3. The first kappa shape index (κ1) is 17.6. The number of ether oxygens (including phenoxy) is 2. The second-order valence-electron chi connectivity index (χ2n) is 5.31. The monoisotopic (exact) mass is 376 g/mol. The maximum Gasteiger partial charge on any atom is 0.277 e. The molecule has 130 valence electrons. The van der Waals surface area contributed by atoms with Gasteiger partial charge in [0.1, 0.15) is 0 Å². The summed E-state index contributed by atoms with van der Waals surface area (Å²) in [7, 11) is 3.25. The van der Waals surface area contributed by atoms with Crippen molar-refractivity contribution in [1.82, 2.24) is 10.2 Å². The van der Waals surface area contributed by atoms with Gasteiger partial charge in [-0.3, -0.25) is 0 Å². The van der Waals surface area contributed by atoms with E-state index in [0.717, 1.165) is 22.4 Å². The third-order valence-electron chi connectivity index (χ3n) is 3.67. The van der Waals surface area contributed by atoms with Crippen LogP contribution >= 0.6 is 23.4 Å². The molecule has 0 saturated heterocycles. The van der Waals surface area contributed by atoms with E-state index in [1.54, 1.807) is 26.4 Å². The zero-order valence-corrected chi connectivity index (χ0v) is 15.6. The molecule has 1 heterocycles. The van der Waals surface area contributed by atoms with E-state index in [4.69, 9.17) is 25.5 Å². The number of aryl methyl sites for hydroxylation is 1. The van der Waals surface area contributed by atoms with Gasteiger partial charge in [-0.1, -0.05) is 29.4 Å². The topological polar surface area (TPSA) is 57.4 Å². The summed E-state index contributed by atoms with van der Waals surface area (Å²) >= 11 is 7.47. The molecule has 0 N–H and O–H groups in total. The minimum Gasteiger partial charge on any atom is -0.493 e. The Morgan fingerprint density at radius 2 is 1.84 bits per heavy atom. The molecule has 0 radical (unpaired) electrons. The highest BCUT2D eigenvalue weighted by molar-refractivity contribution is 7.98. The quantitative estimate of drug-likeness (QED) is 0.564. The fraction of sp³-hybridized carbons (Fsp3) is 0.222. The first-order valence-corrected chi connectivity index (χ1v) is 8.91. The normalized spacial score (nSPS) is 10.7. The zero-order chi connectivity index (χ0) is 17.8. The Morgan fingerprint density at radius 1 is 1.08 bits per heavy atom. The van der Waals surface area contributed by atoms with E-state index in [1.165, 1.54) is 11.8 Å². The van der Waals surface area contributed by atoms with Gasteiger partial charge in [0.25, 0.3) is 5.22 Å². The van der Waals surface area contributed by atoms with Gasteiger partial charge in [-0.15, -0.1) is 10.2 Å². The summed E-state index contributed by atoms with van der Waals surface area (Å²) in [6.07, 6.45) is 0. The summed E-state index contributed by atoms with van der Waals surface area (Å²) in [6.45, 7) is 2.03. The Labute approximate surface area is 155 Å². The first-order valence-electron chi connectivity index (χ1n) is 7.54. The third kappa shape index (κ3) is 4.08. The minimum atomic E-state index is 0.453. The molecule has 25 heavy (non-hydrogen) atoms. The molecule has 5 nitrogen and oxygen atoms in total. The average Bonchev–Trinajstić information content (AvgIpc) is 3.09. The maximum absolute atomic E-state index is 6.00. The van der Waals surface area contributed by atoms with Crippen LogP contribution in [0.4, 0.5) is 0 Å². The lowest BCUT2D eigenvalue weighted by molar-refractivity contribution is 0.354. The molecule has 0 bridgehead atoms. The van der Waals surface area contributed by atoms with Gasteiger partial charge in [-0.2, -0.15) is 0 Å². The van der Waals surface area contributed by atoms with E-state index in [9.17, 15) is 0 Å². The van der Waals surface area contributed by atoms with Crippen molar-refractivity contribution in [3.05, 3.63) is 52.5 Å². The van der Waals surface area contributed by atoms with Crippen LogP contribution in [0.25, 0.3) is 11.5 Å². The maximum atomic E-state index is 6.00. The van der Waals surface area contributed by atoms with Crippen LogP contribution in [0.3, 0.4) is 0 Å². The number of hydrogen-bond acceptors (Lipinski definition) is 6. The van der Waals surface area contributed by atoms with Gasteiger partial charge in [0.05, 0.1) is 14.2 Å². The summed E-state index contributed by atoms with van der Waals surface area (Å²) in [5.74, 6) is 2.56. The largest absolute Gasteiger partial charge is 0.493 e. The van der Waals surface area contributed by atoms with E-state index in [0.29, 0.717) is 27.6 Å².